The lowest BCUT2D eigenvalue weighted by Gasteiger charge is -2.14. The first-order valence-corrected chi connectivity index (χ1v) is 5.47. The predicted molar refractivity (Wildman–Crippen MR) is 62.2 cm³/mol. The van der Waals surface area contributed by atoms with Crippen LogP contribution in [0.3, 0.4) is 0 Å². The fourth-order valence-electron chi connectivity index (χ4n) is 1.85. The normalized spacial score (nSPS) is 11.9. The molecule has 80 valence electrons. The lowest BCUT2D eigenvalue weighted by molar-refractivity contribution is 0.597. The second kappa shape index (κ2) is 3.69. The van der Waals surface area contributed by atoms with Crippen molar-refractivity contribution >= 4 is 11.1 Å². The zero-order valence-electron chi connectivity index (χ0n) is 9.74. The molecule has 2 rings (SSSR count). The summed E-state index contributed by atoms with van der Waals surface area (Å²) in [5.74, 6) is 0.950. The van der Waals surface area contributed by atoms with Crippen LogP contribution in [-0.2, 0) is 0 Å². The molecule has 0 N–H and O–H groups in total. The van der Waals surface area contributed by atoms with E-state index >= 15 is 0 Å². The molecule has 0 bridgehead atoms. The van der Waals surface area contributed by atoms with Crippen molar-refractivity contribution in [2.24, 2.45) is 0 Å². The lowest BCUT2D eigenvalue weighted by atomic mass is 9.95. The fraction of sp³-hybridized carbons (Fsp3) is 0.462. The van der Waals surface area contributed by atoms with E-state index < -0.39 is 0 Å². The third kappa shape index (κ3) is 1.76. The smallest absolute Gasteiger partial charge is 0.226 e. The Bertz CT molecular complexity index is 426. The Hall–Kier alpha value is -1.31. The number of hydrogen-bond acceptors (Lipinski definition) is 2. The van der Waals surface area contributed by atoms with Gasteiger partial charge in [0.15, 0.2) is 0 Å². The van der Waals surface area contributed by atoms with Crippen molar-refractivity contribution in [2.75, 3.05) is 0 Å². The van der Waals surface area contributed by atoms with Gasteiger partial charge in [-0.3, -0.25) is 0 Å². The van der Waals surface area contributed by atoms with Crippen molar-refractivity contribution < 1.29 is 4.42 Å². The molecule has 0 radical (unpaired) electrons. The average Bonchev–Trinajstić information content (AvgIpc) is 2.61. The van der Waals surface area contributed by atoms with Crippen molar-refractivity contribution in [1.29, 1.82) is 0 Å². The molecule has 0 aliphatic carbocycles. The quantitative estimate of drug-likeness (QED) is 0.735. The molecule has 0 saturated carbocycles. The van der Waals surface area contributed by atoms with Gasteiger partial charge in [0.2, 0.25) is 5.71 Å². The summed E-state index contributed by atoms with van der Waals surface area (Å²) in [5, 5.41) is 1.10. The van der Waals surface area contributed by atoms with Gasteiger partial charge in [0.1, 0.15) is 0 Å². The second-order valence-corrected chi connectivity index (χ2v) is 4.59. The molecule has 15 heavy (non-hydrogen) atoms. The number of fused-ring (bicyclic) bond motifs is 1. The van der Waals surface area contributed by atoms with Gasteiger partial charge in [-0.05, 0) is 29.5 Å². The van der Waals surface area contributed by atoms with Crippen LogP contribution in [0.25, 0.3) is 11.1 Å². The summed E-state index contributed by atoms with van der Waals surface area (Å²) in [4.78, 5) is 4.59. The highest BCUT2D eigenvalue weighted by Gasteiger charge is 2.14. The van der Waals surface area contributed by atoms with E-state index in [1.165, 1.54) is 5.56 Å². The van der Waals surface area contributed by atoms with E-state index in [9.17, 15) is 0 Å². The molecule has 0 saturated heterocycles. The molecule has 2 heteroatoms. The minimum atomic E-state index is 0.442. The number of hydrogen-bond donors (Lipinski definition) is 0. The molecule has 0 amide bonds. The van der Waals surface area contributed by atoms with Crippen LogP contribution in [0.5, 0.6) is 0 Å². The average molecular weight is 203 g/mol. The van der Waals surface area contributed by atoms with Crippen LogP contribution in [0.2, 0.25) is 0 Å². The predicted octanol–water partition coefficient (Wildman–Crippen LogP) is 4.07. The summed E-state index contributed by atoms with van der Waals surface area (Å²) in [6.07, 6.45) is 1.70. The van der Waals surface area contributed by atoms with Gasteiger partial charge in [0.25, 0.3) is 0 Å². The number of aromatic nitrogens is 1. The molecule has 0 aliphatic rings. The Morgan fingerprint density at radius 3 is 2.47 bits per heavy atom. The van der Waals surface area contributed by atoms with Crippen molar-refractivity contribution in [3.05, 3.63) is 29.7 Å². The van der Waals surface area contributed by atoms with Crippen molar-refractivity contribution in [1.82, 2.24) is 4.98 Å². The van der Waals surface area contributed by atoms with Crippen LogP contribution >= 0.6 is 0 Å². The van der Waals surface area contributed by atoms with Gasteiger partial charge in [-0.1, -0.05) is 27.7 Å². The van der Waals surface area contributed by atoms with Crippen LogP contribution in [0.4, 0.5) is 0 Å². The molecule has 0 atom stereocenters. The summed E-state index contributed by atoms with van der Waals surface area (Å²) in [5.41, 5.74) is 3.24. The first-order valence-electron chi connectivity index (χ1n) is 5.47. The summed E-state index contributed by atoms with van der Waals surface area (Å²) in [6.45, 7) is 8.75. The molecular formula is C13H17NO. The third-order valence-corrected chi connectivity index (χ3v) is 2.67. The molecule has 0 unspecified atom stereocenters. The highest BCUT2D eigenvalue weighted by molar-refractivity contribution is 5.74. The van der Waals surface area contributed by atoms with Gasteiger partial charge >= 0.3 is 0 Å². The molecule has 2 aromatic rings. The first-order chi connectivity index (χ1) is 7.09. The van der Waals surface area contributed by atoms with Crippen LogP contribution in [0.1, 0.15) is 50.8 Å². The summed E-state index contributed by atoms with van der Waals surface area (Å²) in [6, 6.07) is 4.17. The molecule has 2 aromatic heterocycles. The zero-order chi connectivity index (χ0) is 11.0. The monoisotopic (exact) mass is 203 g/mol. The molecule has 0 aromatic carbocycles. The van der Waals surface area contributed by atoms with Crippen LogP contribution in [-0.4, -0.2) is 4.98 Å². The Labute approximate surface area is 90.3 Å². The SMILES string of the molecule is CC(C)c1cc2ccoc2nc1C(C)C. The van der Waals surface area contributed by atoms with Gasteiger partial charge in [-0.15, -0.1) is 0 Å². The van der Waals surface area contributed by atoms with Crippen molar-refractivity contribution in [2.45, 2.75) is 39.5 Å². The maximum absolute atomic E-state index is 5.33. The van der Waals surface area contributed by atoms with Crippen LogP contribution < -0.4 is 0 Å². The number of furan rings is 1. The van der Waals surface area contributed by atoms with E-state index in [0.29, 0.717) is 11.8 Å². The maximum atomic E-state index is 5.33. The first kappa shape index (κ1) is 10.2. The minimum absolute atomic E-state index is 0.442. The fourth-order valence-corrected chi connectivity index (χ4v) is 1.85. The van der Waals surface area contributed by atoms with E-state index in [-0.39, 0.29) is 0 Å². The third-order valence-electron chi connectivity index (χ3n) is 2.67. The topological polar surface area (TPSA) is 26.0 Å². The van der Waals surface area contributed by atoms with E-state index in [4.69, 9.17) is 4.42 Å². The van der Waals surface area contributed by atoms with E-state index in [0.717, 1.165) is 16.8 Å². The van der Waals surface area contributed by atoms with E-state index in [2.05, 4.69) is 38.7 Å². The van der Waals surface area contributed by atoms with Gasteiger partial charge in [-0.25, -0.2) is 4.98 Å². The summed E-state index contributed by atoms with van der Waals surface area (Å²) < 4.78 is 5.33. The molecule has 2 nitrogen and oxygen atoms in total. The second-order valence-electron chi connectivity index (χ2n) is 4.59. The lowest BCUT2D eigenvalue weighted by Crippen LogP contribution is -2.01. The molecule has 0 spiro atoms. The molecule has 0 aliphatic heterocycles. The Morgan fingerprint density at radius 1 is 1.13 bits per heavy atom. The number of pyridine rings is 1. The maximum Gasteiger partial charge on any atom is 0.226 e. The molecular weight excluding hydrogens is 186 g/mol. The van der Waals surface area contributed by atoms with E-state index in [1.54, 1.807) is 6.26 Å². The Balaban J connectivity index is 2.68. The minimum Gasteiger partial charge on any atom is -0.446 e. The largest absolute Gasteiger partial charge is 0.446 e. The molecule has 2 heterocycles. The number of nitrogens with zero attached hydrogens (tertiary/aromatic N) is 1. The van der Waals surface area contributed by atoms with Gasteiger partial charge < -0.3 is 4.42 Å². The van der Waals surface area contributed by atoms with Gasteiger partial charge in [-0.2, -0.15) is 0 Å². The highest BCUT2D eigenvalue weighted by Crippen LogP contribution is 2.28. The summed E-state index contributed by atoms with van der Waals surface area (Å²) >= 11 is 0. The standard InChI is InChI=1S/C13H17NO/c1-8(2)11-7-10-5-6-15-13(10)14-12(11)9(3)4/h5-9H,1-4H3. The van der Waals surface area contributed by atoms with E-state index in [1.807, 2.05) is 6.07 Å². The zero-order valence-corrected chi connectivity index (χ0v) is 9.74. The highest BCUT2D eigenvalue weighted by atomic mass is 16.3. The van der Waals surface area contributed by atoms with Gasteiger partial charge in [0.05, 0.1) is 12.0 Å². The molecule has 0 fully saturated rings. The van der Waals surface area contributed by atoms with Gasteiger partial charge in [0, 0.05) is 5.39 Å². The summed E-state index contributed by atoms with van der Waals surface area (Å²) in [7, 11) is 0. The van der Waals surface area contributed by atoms with Crippen molar-refractivity contribution in [3.63, 3.8) is 0 Å². The van der Waals surface area contributed by atoms with Crippen LogP contribution in [0, 0.1) is 0 Å². The number of rotatable bonds is 2. The Morgan fingerprint density at radius 2 is 1.87 bits per heavy atom. The Kier molecular flexibility index (Phi) is 2.51. The van der Waals surface area contributed by atoms with Crippen molar-refractivity contribution in [3.8, 4) is 0 Å². The van der Waals surface area contributed by atoms with Crippen LogP contribution in [0.15, 0.2) is 22.8 Å².